The zero-order valence-corrected chi connectivity index (χ0v) is 23.9. The molecule has 0 aromatic heterocycles. The fourth-order valence-corrected chi connectivity index (χ4v) is 6.30. The predicted molar refractivity (Wildman–Crippen MR) is 165 cm³/mol. The van der Waals surface area contributed by atoms with Crippen molar-refractivity contribution in [2.75, 3.05) is 15.9 Å². The predicted octanol–water partition coefficient (Wildman–Crippen LogP) is 7.60. The van der Waals surface area contributed by atoms with Gasteiger partial charge < -0.3 is 10.1 Å². The van der Waals surface area contributed by atoms with Crippen LogP contribution in [0.5, 0.6) is 11.5 Å². The molecule has 206 valence electrons. The van der Waals surface area contributed by atoms with Crippen molar-refractivity contribution >= 4 is 49.7 Å². The average molecular weight is 583 g/mol. The first-order chi connectivity index (χ1) is 19.8. The van der Waals surface area contributed by atoms with Gasteiger partial charge in [-0.1, -0.05) is 66.2 Å². The van der Waals surface area contributed by atoms with E-state index in [1.807, 2.05) is 36.4 Å². The number of hydrogen-bond acceptors (Lipinski definition) is 4. The number of benzene rings is 5. The van der Waals surface area contributed by atoms with Gasteiger partial charge in [0.1, 0.15) is 5.75 Å². The number of rotatable bonds is 8. The van der Waals surface area contributed by atoms with Gasteiger partial charge in [-0.3, -0.25) is 9.10 Å². The fourth-order valence-electron chi connectivity index (χ4n) is 5.25. The number of hydrogen-bond donors (Lipinski definition) is 1. The summed E-state index contributed by atoms with van der Waals surface area (Å²) < 4.78 is 33.2. The second-order valence-corrected chi connectivity index (χ2v) is 12.4. The van der Waals surface area contributed by atoms with Crippen LogP contribution in [0, 0.1) is 0 Å². The van der Waals surface area contributed by atoms with Gasteiger partial charge in [-0.15, -0.1) is 0 Å². The third-order valence-corrected chi connectivity index (χ3v) is 8.59. The molecule has 0 saturated carbocycles. The lowest BCUT2D eigenvalue weighted by atomic mass is 10.0. The van der Waals surface area contributed by atoms with E-state index in [9.17, 15) is 13.2 Å². The van der Waals surface area contributed by atoms with Crippen LogP contribution in [0.15, 0.2) is 103 Å². The fraction of sp³-hybridized carbons (Fsp3) is 0.121. The van der Waals surface area contributed by atoms with E-state index in [4.69, 9.17) is 16.3 Å². The second kappa shape index (κ2) is 10.9. The van der Waals surface area contributed by atoms with Crippen LogP contribution in [0.4, 0.5) is 11.4 Å². The summed E-state index contributed by atoms with van der Waals surface area (Å²) in [4.78, 5) is 13.2. The lowest BCUT2D eigenvalue weighted by molar-refractivity contribution is 0.102. The molecule has 0 fully saturated rings. The largest absolute Gasteiger partial charge is 0.455 e. The molecule has 1 amide bonds. The van der Waals surface area contributed by atoms with Crippen molar-refractivity contribution in [3.05, 3.63) is 130 Å². The summed E-state index contributed by atoms with van der Waals surface area (Å²) in [7, 11) is -3.72. The van der Waals surface area contributed by atoms with Crippen LogP contribution in [0.1, 0.15) is 27.0 Å². The van der Waals surface area contributed by atoms with Crippen LogP contribution in [0.25, 0.3) is 10.8 Å². The van der Waals surface area contributed by atoms with E-state index in [2.05, 4.69) is 17.4 Å². The zero-order chi connectivity index (χ0) is 28.6. The Labute approximate surface area is 244 Å². The highest BCUT2D eigenvalue weighted by Crippen LogP contribution is 2.37. The van der Waals surface area contributed by atoms with Gasteiger partial charge in [0.05, 0.1) is 18.5 Å². The van der Waals surface area contributed by atoms with Crippen LogP contribution in [-0.4, -0.2) is 20.6 Å². The Morgan fingerprint density at radius 2 is 1.61 bits per heavy atom. The van der Waals surface area contributed by atoms with Gasteiger partial charge in [-0.25, -0.2) is 8.42 Å². The molecule has 0 saturated heterocycles. The molecule has 5 aromatic carbocycles. The first kappa shape index (κ1) is 26.9. The van der Waals surface area contributed by atoms with Gasteiger partial charge in [0.15, 0.2) is 5.75 Å². The molecule has 41 heavy (non-hydrogen) atoms. The number of sulfonamides is 1. The lowest BCUT2D eigenvalue weighted by Crippen LogP contribution is -2.29. The standard InChI is InChI=1S/C33H27ClN2O4S/c1-41(38,39)36(30-20-26(34)17-19-31(30)40-27-7-3-2-4-8-27)21-22-10-12-25(13-11-22)33(37)35-29-18-16-24-15-14-23-6-5-9-28(29)32(23)24/h2-13,16-20H,14-15,21H2,1H3,(H,35,37). The SMILES string of the molecule is CS(=O)(=O)N(Cc1ccc(C(=O)Nc2ccc3c4c(cccc24)CC3)cc1)c1cc(Cl)ccc1Oc1ccccc1. The molecule has 0 bridgehead atoms. The van der Waals surface area contributed by atoms with Crippen LogP contribution in [0.2, 0.25) is 5.02 Å². The van der Waals surface area contributed by atoms with Crippen LogP contribution < -0.4 is 14.4 Å². The van der Waals surface area contributed by atoms with Gasteiger partial charge in [-0.2, -0.15) is 0 Å². The molecule has 0 atom stereocenters. The molecule has 0 unspecified atom stereocenters. The summed E-state index contributed by atoms with van der Waals surface area (Å²) >= 11 is 6.27. The third-order valence-electron chi connectivity index (χ3n) is 7.23. The van der Waals surface area contributed by atoms with Crippen LogP contribution >= 0.6 is 11.6 Å². The number of para-hydroxylation sites is 1. The van der Waals surface area contributed by atoms with E-state index in [1.54, 1.807) is 54.6 Å². The maximum atomic E-state index is 13.2. The van der Waals surface area contributed by atoms with E-state index < -0.39 is 10.0 Å². The third kappa shape index (κ3) is 5.64. The minimum Gasteiger partial charge on any atom is -0.455 e. The van der Waals surface area contributed by atoms with Crippen molar-refractivity contribution in [2.24, 2.45) is 0 Å². The van der Waals surface area contributed by atoms with Gasteiger partial charge in [0, 0.05) is 21.7 Å². The topological polar surface area (TPSA) is 75.7 Å². The highest BCUT2D eigenvalue weighted by molar-refractivity contribution is 7.92. The van der Waals surface area contributed by atoms with Gasteiger partial charge in [-0.05, 0) is 83.4 Å². The average Bonchev–Trinajstić information content (AvgIpc) is 3.39. The number of nitrogens with one attached hydrogen (secondary N) is 1. The summed E-state index contributed by atoms with van der Waals surface area (Å²) in [5, 5.41) is 5.71. The molecule has 6 rings (SSSR count). The van der Waals surface area contributed by atoms with Gasteiger partial charge in [0.2, 0.25) is 10.0 Å². The summed E-state index contributed by atoms with van der Waals surface area (Å²) in [6.45, 7) is 0.0289. The molecule has 0 spiro atoms. The van der Waals surface area contributed by atoms with E-state index in [1.165, 1.54) is 20.8 Å². The van der Waals surface area contributed by atoms with Crippen molar-refractivity contribution in [3.63, 3.8) is 0 Å². The number of halogens is 1. The highest BCUT2D eigenvalue weighted by atomic mass is 35.5. The highest BCUT2D eigenvalue weighted by Gasteiger charge is 2.23. The summed E-state index contributed by atoms with van der Waals surface area (Å²) in [5.74, 6) is 0.691. The Morgan fingerprint density at radius 1 is 0.878 bits per heavy atom. The number of ether oxygens (including phenoxy) is 1. The number of carbonyl (C=O) groups excluding carboxylic acids is 1. The Morgan fingerprint density at radius 3 is 2.34 bits per heavy atom. The van der Waals surface area contributed by atoms with E-state index in [-0.39, 0.29) is 12.5 Å². The van der Waals surface area contributed by atoms with Crippen molar-refractivity contribution in [1.82, 2.24) is 0 Å². The number of nitrogens with zero attached hydrogens (tertiary/aromatic N) is 1. The number of carbonyl (C=O) groups is 1. The number of anilines is 2. The van der Waals surface area contributed by atoms with Crippen molar-refractivity contribution in [2.45, 2.75) is 19.4 Å². The van der Waals surface area contributed by atoms with Crippen molar-refractivity contribution < 1.29 is 17.9 Å². The van der Waals surface area contributed by atoms with E-state index in [0.29, 0.717) is 33.3 Å². The molecule has 0 radical (unpaired) electrons. The molecule has 6 nitrogen and oxygen atoms in total. The van der Waals surface area contributed by atoms with Crippen molar-refractivity contribution in [3.8, 4) is 11.5 Å². The number of aryl methyl sites for hydroxylation is 2. The summed E-state index contributed by atoms with van der Waals surface area (Å²) in [5.41, 5.74) is 4.88. The quantitative estimate of drug-likeness (QED) is 0.204. The lowest BCUT2D eigenvalue weighted by Gasteiger charge is -2.25. The van der Waals surface area contributed by atoms with Gasteiger partial charge in [0.25, 0.3) is 5.91 Å². The van der Waals surface area contributed by atoms with Gasteiger partial charge >= 0.3 is 0 Å². The molecule has 1 aliphatic rings. The minimum absolute atomic E-state index is 0.0289. The first-order valence-electron chi connectivity index (χ1n) is 13.2. The smallest absolute Gasteiger partial charge is 0.255 e. The second-order valence-electron chi connectivity index (χ2n) is 10.1. The maximum Gasteiger partial charge on any atom is 0.255 e. The minimum atomic E-state index is -3.72. The molecule has 8 heteroatoms. The summed E-state index contributed by atoms with van der Waals surface area (Å²) in [6.07, 6.45) is 3.18. The maximum absolute atomic E-state index is 13.2. The van der Waals surface area contributed by atoms with E-state index >= 15 is 0 Å². The molecular weight excluding hydrogens is 556 g/mol. The molecule has 1 N–H and O–H groups in total. The Balaban J connectivity index is 1.24. The molecule has 1 aliphatic carbocycles. The Bertz CT molecular complexity index is 1860. The van der Waals surface area contributed by atoms with E-state index in [0.717, 1.165) is 30.2 Å². The van der Waals surface area contributed by atoms with Crippen LogP contribution in [0.3, 0.4) is 0 Å². The Kier molecular flexibility index (Phi) is 7.15. The molecule has 0 heterocycles. The molecule has 0 aliphatic heterocycles. The first-order valence-corrected chi connectivity index (χ1v) is 15.4. The molecule has 5 aromatic rings. The normalized spacial score (nSPS) is 12.3. The zero-order valence-electron chi connectivity index (χ0n) is 22.3. The van der Waals surface area contributed by atoms with Crippen LogP contribution in [-0.2, 0) is 29.4 Å². The van der Waals surface area contributed by atoms with Crippen molar-refractivity contribution in [1.29, 1.82) is 0 Å². The monoisotopic (exact) mass is 582 g/mol. The summed E-state index contributed by atoms with van der Waals surface area (Å²) in [6, 6.07) is 31.2. The number of amides is 1. The Hall–Kier alpha value is -4.33. The molecular formula is C33H27ClN2O4S.